The van der Waals surface area contributed by atoms with Gasteiger partial charge in [0.2, 0.25) is 10.0 Å². The molecule has 0 amide bonds. The van der Waals surface area contributed by atoms with Crippen molar-refractivity contribution in [3.05, 3.63) is 98.4 Å². The van der Waals surface area contributed by atoms with E-state index in [0.29, 0.717) is 12.8 Å². The van der Waals surface area contributed by atoms with E-state index in [2.05, 4.69) is 29.8 Å². The third kappa shape index (κ3) is 6.07. The first-order valence-electron chi connectivity index (χ1n) is 12.0. The lowest BCUT2D eigenvalue weighted by atomic mass is 9.76. The number of hydrogen-bond donors (Lipinski definition) is 0. The van der Waals surface area contributed by atoms with E-state index in [4.69, 9.17) is 27.9 Å². The summed E-state index contributed by atoms with van der Waals surface area (Å²) >= 11 is 15.8. The van der Waals surface area contributed by atoms with Crippen molar-refractivity contribution in [3.8, 4) is 0 Å². The summed E-state index contributed by atoms with van der Waals surface area (Å²) in [5.74, 6) is -0.748. The molecule has 0 radical (unpaired) electrons. The smallest absolute Gasteiger partial charge is 0.309 e. The Morgan fingerprint density at radius 2 is 1.51 bits per heavy atom. The van der Waals surface area contributed by atoms with E-state index in [1.165, 1.54) is 16.4 Å². The average molecular weight is 625 g/mol. The third-order valence-electron chi connectivity index (χ3n) is 6.88. The van der Waals surface area contributed by atoms with Gasteiger partial charge in [0.1, 0.15) is 11.0 Å². The van der Waals surface area contributed by atoms with Crippen LogP contribution in [0, 0.1) is 5.92 Å². The van der Waals surface area contributed by atoms with Crippen molar-refractivity contribution in [3.63, 3.8) is 0 Å². The van der Waals surface area contributed by atoms with E-state index in [1.807, 2.05) is 54.6 Å². The van der Waals surface area contributed by atoms with Gasteiger partial charge in [-0.05, 0) is 48.2 Å². The van der Waals surface area contributed by atoms with Gasteiger partial charge in [-0.25, -0.2) is 8.42 Å². The molecule has 1 heterocycles. The fraction of sp³-hybridized carbons (Fsp3) is 0.321. The SMILES string of the molecule is CC(C)(c1ccccc1)C(OC(=O)C1CCN(S(=O)(=O)c2c(Cl)cccc2Cl)CC1)c1ccc(Br)cc1. The molecule has 4 rings (SSSR count). The summed E-state index contributed by atoms with van der Waals surface area (Å²) in [6.45, 7) is 4.47. The van der Waals surface area contributed by atoms with Gasteiger partial charge in [-0.1, -0.05) is 102 Å². The molecule has 1 atom stereocenters. The van der Waals surface area contributed by atoms with Gasteiger partial charge >= 0.3 is 5.97 Å². The molecule has 9 heteroatoms. The zero-order chi connectivity index (χ0) is 26.8. The van der Waals surface area contributed by atoms with E-state index in [-0.39, 0.29) is 34.0 Å². The summed E-state index contributed by atoms with van der Waals surface area (Å²) < 4.78 is 34.9. The summed E-state index contributed by atoms with van der Waals surface area (Å²) in [7, 11) is -3.89. The van der Waals surface area contributed by atoms with Crippen molar-refractivity contribution in [1.82, 2.24) is 4.31 Å². The monoisotopic (exact) mass is 623 g/mol. The molecular weight excluding hydrogens is 597 g/mol. The minimum absolute atomic E-state index is 0.0783. The lowest BCUT2D eigenvalue weighted by Crippen LogP contribution is -2.41. The summed E-state index contributed by atoms with van der Waals surface area (Å²) in [6.07, 6.45) is 0.164. The van der Waals surface area contributed by atoms with Crippen LogP contribution in [-0.2, 0) is 25.0 Å². The number of ether oxygens (including phenoxy) is 1. The summed E-state index contributed by atoms with van der Waals surface area (Å²) in [5.41, 5.74) is 1.43. The number of nitrogens with zero attached hydrogens (tertiary/aromatic N) is 1. The Bertz CT molecular complexity index is 1340. The fourth-order valence-electron chi connectivity index (χ4n) is 4.69. The molecule has 0 bridgehead atoms. The van der Waals surface area contributed by atoms with Crippen LogP contribution in [0.4, 0.5) is 0 Å². The second-order valence-electron chi connectivity index (χ2n) is 9.69. The van der Waals surface area contributed by atoms with Crippen LogP contribution in [0.1, 0.15) is 43.9 Å². The minimum atomic E-state index is -3.89. The Kier molecular flexibility index (Phi) is 8.71. The van der Waals surface area contributed by atoms with Gasteiger partial charge in [0.15, 0.2) is 0 Å². The molecule has 0 aromatic heterocycles. The number of carbonyl (C=O) groups is 1. The number of benzene rings is 3. The van der Waals surface area contributed by atoms with Gasteiger partial charge in [-0.15, -0.1) is 0 Å². The topological polar surface area (TPSA) is 63.7 Å². The predicted octanol–water partition coefficient (Wildman–Crippen LogP) is 7.42. The molecule has 3 aromatic rings. The fourth-order valence-corrected chi connectivity index (χ4v) is 7.52. The summed E-state index contributed by atoms with van der Waals surface area (Å²) in [6, 6.07) is 22.3. The molecular formula is C28H28BrCl2NO4S. The lowest BCUT2D eigenvalue weighted by Gasteiger charge is -2.37. The predicted molar refractivity (Wildman–Crippen MR) is 150 cm³/mol. The van der Waals surface area contributed by atoms with Crippen LogP contribution in [0.5, 0.6) is 0 Å². The molecule has 1 aliphatic heterocycles. The average Bonchev–Trinajstić information content (AvgIpc) is 2.88. The van der Waals surface area contributed by atoms with E-state index in [1.54, 1.807) is 6.07 Å². The van der Waals surface area contributed by atoms with Crippen LogP contribution in [0.3, 0.4) is 0 Å². The van der Waals surface area contributed by atoms with E-state index >= 15 is 0 Å². The highest BCUT2D eigenvalue weighted by Gasteiger charge is 2.39. The lowest BCUT2D eigenvalue weighted by molar-refractivity contribution is -0.159. The normalized spacial score (nSPS) is 16.4. The molecule has 1 saturated heterocycles. The molecule has 37 heavy (non-hydrogen) atoms. The van der Waals surface area contributed by atoms with E-state index < -0.39 is 27.5 Å². The maximum atomic E-state index is 13.4. The molecule has 196 valence electrons. The molecule has 5 nitrogen and oxygen atoms in total. The maximum Gasteiger partial charge on any atom is 0.309 e. The minimum Gasteiger partial charge on any atom is -0.456 e. The standard InChI is InChI=1S/C28H28BrCl2NO4S/c1-28(2,21-7-4-3-5-8-21)26(19-11-13-22(29)14-12-19)36-27(33)20-15-17-32(18-16-20)37(34,35)25-23(30)9-6-10-24(25)31/h3-14,20,26H,15-18H2,1-2H3. The van der Waals surface area contributed by atoms with Crippen molar-refractivity contribution >= 4 is 55.1 Å². The number of rotatable bonds is 7. The van der Waals surface area contributed by atoms with Crippen molar-refractivity contribution < 1.29 is 17.9 Å². The highest BCUT2D eigenvalue weighted by molar-refractivity contribution is 9.10. The first-order chi connectivity index (χ1) is 17.5. The van der Waals surface area contributed by atoms with Gasteiger partial charge in [0.25, 0.3) is 0 Å². The Morgan fingerprint density at radius 3 is 2.08 bits per heavy atom. The number of halogens is 3. The molecule has 1 unspecified atom stereocenters. The number of piperidine rings is 1. The van der Waals surface area contributed by atoms with Crippen LogP contribution >= 0.6 is 39.1 Å². The van der Waals surface area contributed by atoms with Gasteiger partial charge in [-0.3, -0.25) is 4.79 Å². The van der Waals surface area contributed by atoms with Crippen molar-refractivity contribution in [2.45, 2.75) is 43.1 Å². The largest absolute Gasteiger partial charge is 0.456 e. The molecule has 1 fully saturated rings. The molecule has 0 spiro atoms. The Labute approximate surface area is 236 Å². The van der Waals surface area contributed by atoms with Crippen LogP contribution in [0.15, 0.2) is 82.2 Å². The zero-order valence-corrected chi connectivity index (χ0v) is 24.4. The molecule has 0 aliphatic carbocycles. The maximum absolute atomic E-state index is 13.4. The van der Waals surface area contributed by atoms with Gasteiger partial charge in [-0.2, -0.15) is 4.31 Å². The van der Waals surface area contributed by atoms with E-state index in [9.17, 15) is 13.2 Å². The molecule has 1 aliphatic rings. The number of hydrogen-bond acceptors (Lipinski definition) is 4. The number of carbonyl (C=O) groups excluding carboxylic acids is 1. The second-order valence-corrected chi connectivity index (χ2v) is 13.3. The van der Waals surface area contributed by atoms with Gasteiger partial charge in [0.05, 0.1) is 16.0 Å². The Morgan fingerprint density at radius 1 is 0.946 bits per heavy atom. The molecule has 0 saturated carbocycles. The molecule has 0 N–H and O–H groups in total. The quantitative estimate of drug-likeness (QED) is 0.257. The number of esters is 1. The number of sulfonamides is 1. The van der Waals surface area contributed by atoms with Crippen LogP contribution in [-0.4, -0.2) is 31.8 Å². The highest BCUT2D eigenvalue weighted by atomic mass is 79.9. The van der Waals surface area contributed by atoms with Gasteiger partial charge < -0.3 is 4.74 Å². The van der Waals surface area contributed by atoms with Gasteiger partial charge in [0, 0.05) is 23.0 Å². The summed E-state index contributed by atoms with van der Waals surface area (Å²) in [4.78, 5) is 13.3. The Balaban J connectivity index is 1.52. The van der Waals surface area contributed by atoms with Crippen LogP contribution in [0.2, 0.25) is 10.0 Å². The second kappa shape index (κ2) is 11.5. The van der Waals surface area contributed by atoms with Crippen molar-refractivity contribution in [1.29, 1.82) is 0 Å². The van der Waals surface area contributed by atoms with Crippen LogP contribution < -0.4 is 0 Å². The van der Waals surface area contributed by atoms with Crippen molar-refractivity contribution in [2.24, 2.45) is 5.92 Å². The first kappa shape index (κ1) is 28.1. The summed E-state index contributed by atoms with van der Waals surface area (Å²) in [5, 5.41) is 0.157. The van der Waals surface area contributed by atoms with E-state index in [0.717, 1.165) is 15.6 Å². The van der Waals surface area contributed by atoms with Crippen LogP contribution in [0.25, 0.3) is 0 Å². The highest BCUT2D eigenvalue weighted by Crippen LogP contribution is 2.41. The Hall–Kier alpha value is -1.90. The molecule has 3 aromatic carbocycles. The van der Waals surface area contributed by atoms with Crippen molar-refractivity contribution in [2.75, 3.05) is 13.1 Å². The first-order valence-corrected chi connectivity index (χ1v) is 15.0. The zero-order valence-electron chi connectivity index (χ0n) is 20.5. The third-order valence-corrected chi connectivity index (χ3v) is 10.3.